The van der Waals surface area contributed by atoms with Gasteiger partial charge in [-0.2, -0.15) is 0 Å². The fraction of sp³-hybridized carbons (Fsp3) is 0.591. The maximum atomic E-state index is 12.9. The van der Waals surface area contributed by atoms with E-state index in [2.05, 4.69) is 0 Å². The molecule has 0 aromatic heterocycles. The monoisotopic (exact) mass is 418 g/mol. The third-order valence-electron chi connectivity index (χ3n) is 5.20. The van der Waals surface area contributed by atoms with Gasteiger partial charge in [-0.3, -0.25) is 4.90 Å². The van der Waals surface area contributed by atoms with Gasteiger partial charge >= 0.3 is 18.2 Å². The second-order valence-electron chi connectivity index (χ2n) is 8.68. The summed E-state index contributed by atoms with van der Waals surface area (Å²) >= 11 is 0. The lowest BCUT2D eigenvalue weighted by molar-refractivity contribution is -0.149. The van der Waals surface area contributed by atoms with Crippen LogP contribution < -0.4 is 0 Å². The minimum atomic E-state index is -0.767. The summed E-state index contributed by atoms with van der Waals surface area (Å²) in [7, 11) is 0. The molecule has 0 saturated carbocycles. The van der Waals surface area contributed by atoms with Gasteiger partial charge in [0.1, 0.15) is 18.2 Å². The summed E-state index contributed by atoms with van der Waals surface area (Å²) in [6.07, 6.45) is -0.402. The van der Waals surface area contributed by atoms with Gasteiger partial charge in [-0.1, -0.05) is 30.3 Å². The molecule has 164 valence electrons. The first kappa shape index (κ1) is 21.9. The van der Waals surface area contributed by atoms with Crippen LogP contribution in [0.15, 0.2) is 30.3 Å². The van der Waals surface area contributed by atoms with Crippen LogP contribution in [-0.2, 0) is 25.6 Å². The molecule has 0 N–H and O–H groups in total. The Morgan fingerprint density at radius 3 is 2.37 bits per heavy atom. The molecule has 2 amide bonds. The second-order valence-corrected chi connectivity index (χ2v) is 8.68. The van der Waals surface area contributed by atoms with Crippen LogP contribution in [0.25, 0.3) is 0 Å². The van der Waals surface area contributed by atoms with Gasteiger partial charge in [0.05, 0.1) is 12.6 Å². The van der Waals surface area contributed by atoms with Crippen molar-refractivity contribution in [3.63, 3.8) is 0 Å². The number of likely N-dealkylation sites (tertiary alicyclic amines) is 2. The number of esters is 1. The summed E-state index contributed by atoms with van der Waals surface area (Å²) in [5, 5.41) is 0. The average Bonchev–Trinajstić information content (AvgIpc) is 2.95. The van der Waals surface area contributed by atoms with E-state index in [1.165, 1.54) is 4.90 Å². The lowest BCUT2D eigenvalue weighted by atomic mass is 9.95. The van der Waals surface area contributed by atoms with Crippen LogP contribution in [0, 0.1) is 5.92 Å². The quantitative estimate of drug-likeness (QED) is 0.551. The van der Waals surface area contributed by atoms with Crippen LogP contribution in [-0.4, -0.2) is 65.3 Å². The summed E-state index contributed by atoms with van der Waals surface area (Å²) in [5.41, 5.74) is 0.201. The van der Waals surface area contributed by atoms with Crippen molar-refractivity contribution in [2.24, 2.45) is 5.92 Å². The van der Waals surface area contributed by atoms with E-state index in [1.54, 1.807) is 32.6 Å². The minimum Gasteiger partial charge on any atom is -0.464 e. The van der Waals surface area contributed by atoms with E-state index in [0.717, 1.165) is 5.56 Å². The highest BCUT2D eigenvalue weighted by atomic mass is 16.6. The van der Waals surface area contributed by atoms with Crippen LogP contribution in [0.3, 0.4) is 0 Å². The lowest BCUT2D eigenvalue weighted by Crippen LogP contribution is -2.50. The number of hydrogen-bond acceptors (Lipinski definition) is 6. The maximum Gasteiger partial charge on any atom is 0.411 e. The molecule has 1 aromatic rings. The molecule has 2 fully saturated rings. The van der Waals surface area contributed by atoms with Gasteiger partial charge in [0, 0.05) is 19.0 Å². The Morgan fingerprint density at radius 1 is 1.03 bits per heavy atom. The number of piperidine rings is 1. The first-order valence-corrected chi connectivity index (χ1v) is 10.3. The molecular weight excluding hydrogens is 388 g/mol. The molecule has 0 unspecified atom stereocenters. The standard InChI is InChI=1S/C22H30N2O6/c1-5-28-19(25)18-16-11-17(24(18)21(27)30-22(2,3)4)13-23(12-16)20(26)29-14-15-9-7-6-8-10-15/h6-10,16-18H,5,11-14H2,1-4H3/t16-,17-,18+/m1/s1. The summed E-state index contributed by atoms with van der Waals surface area (Å²) in [4.78, 5) is 41.2. The second kappa shape index (κ2) is 8.93. The highest BCUT2D eigenvalue weighted by Gasteiger charge is 2.54. The molecule has 0 aliphatic carbocycles. The Kier molecular flexibility index (Phi) is 6.53. The van der Waals surface area contributed by atoms with Crippen LogP contribution in [0.2, 0.25) is 0 Å². The van der Waals surface area contributed by atoms with Crippen molar-refractivity contribution in [3.8, 4) is 0 Å². The Morgan fingerprint density at radius 2 is 1.73 bits per heavy atom. The summed E-state index contributed by atoms with van der Waals surface area (Å²) in [6.45, 7) is 8.07. The Bertz CT molecular complexity index is 776. The van der Waals surface area contributed by atoms with Crippen molar-refractivity contribution >= 4 is 18.2 Å². The number of carbonyl (C=O) groups is 3. The molecule has 2 saturated heterocycles. The number of benzene rings is 1. The predicted molar refractivity (Wildman–Crippen MR) is 109 cm³/mol. The summed E-state index contributed by atoms with van der Waals surface area (Å²) in [6, 6.07) is 8.34. The minimum absolute atomic E-state index is 0.169. The largest absolute Gasteiger partial charge is 0.464 e. The SMILES string of the molecule is CCOC(=O)[C@@H]1[C@@H]2C[C@H](CN(C(=O)OCc3ccccc3)C2)N1C(=O)OC(C)(C)C. The van der Waals surface area contributed by atoms with Crippen LogP contribution >= 0.6 is 0 Å². The van der Waals surface area contributed by atoms with E-state index in [4.69, 9.17) is 14.2 Å². The Labute approximate surface area is 177 Å². The summed E-state index contributed by atoms with van der Waals surface area (Å²) in [5.74, 6) is -0.685. The van der Waals surface area contributed by atoms with E-state index < -0.39 is 29.8 Å². The Hall–Kier alpha value is -2.77. The Balaban J connectivity index is 1.72. The van der Waals surface area contributed by atoms with Crippen molar-refractivity contribution in [3.05, 3.63) is 35.9 Å². The van der Waals surface area contributed by atoms with Crippen molar-refractivity contribution in [2.45, 2.75) is 58.4 Å². The number of ether oxygens (including phenoxy) is 3. The van der Waals surface area contributed by atoms with Crippen LogP contribution in [0.4, 0.5) is 9.59 Å². The zero-order chi connectivity index (χ0) is 21.9. The molecule has 8 heteroatoms. The lowest BCUT2D eigenvalue weighted by Gasteiger charge is -2.32. The van der Waals surface area contributed by atoms with Crippen LogP contribution in [0.5, 0.6) is 0 Å². The van der Waals surface area contributed by atoms with Gasteiger partial charge < -0.3 is 19.1 Å². The smallest absolute Gasteiger partial charge is 0.411 e. The molecule has 1 aromatic carbocycles. The number of hydrogen-bond donors (Lipinski definition) is 0. The van der Waals surface area contributed by atoms with Gasteiger partial charge in [0.25, 0.3) is 0 Å². The fourth-order valence-electron chi connectivity index (χ4n) is 4.07. The zero-order valence-corrected chi connectivity index (χ0v) is 18.0. The third kappa shape index (κ3) is 5.04. The van der Waals surface area contributed by atoms with Gasteiger partial charge in [0.15, 0.2) is 0 Å². The molecular formula is C22H30N2O6. The normalized spacial score (nSPS) is 23.1. The molecule has 2 bridgehead atoms. The number of carbonyl (C=O) groups excluding carboxylic acids is 3. The molecule has 2 heterocycles. The average molecular weight is 418 g/mol. The topological polar surface area (TPSA) is 85.4 Å². The van der Waals surface area contributed by atoms with Crippen molar-refractivity contribution < 1.29 is 28.6 Å². The van der Waals surface area contributed by atoms with Gasteiger partial charge in [0.2, 0.25) is 0 Å². The molecule has 2 aliphatic heterocycles. The maximum absolute atomic E-state index is 12.9. The van der Waals surface area contributed by atoms with E-state index in [0.29, 0.717) is 19.5 Å². The highest BCUT2D eigenvalue weighted by molar-refractivity contribution is 5.83. The van der Waals surface area contributed by atoms with E-state index in [9.17, 15) is 14.4 Å². The third-order valence-corrected chi connectivity index (χ3v) is 5.20. The molecule has 0 spiro atoms. The molecule has 8 nitrogen and oxygen atoms in total. The first-order valence-electron chi connectivity index (χ1n) is 10.3. The first-order chi connectivity index (χ1) is 14.2. The number of nitrogens with zero attached hydrogens (tertiary/aromatic N) is 2. The number of rotatable bonds is 4. The van der Waals surface area contributed by atoms with Crippen molar-refractivity contribution in [1.82, 2.24) is 9.80 Å². The van der Waals surface area contributed by atoms with E-state index >= 15 is 0 Å². The molecule has 3 atom stereocenters. The molecule has 30 heavy (non-hydrogen) atoms. The van der Waals surface area contributed by atoms with E-state index in [1.807, 2.05) is 30.3 Å². The van der Waals surface area contributed by atoms with E-state index in [-0.39, 0.29) is 25.2 Å². The van der Waals surface area contributed by atoms with Crippen molar-refractivity contribution in [2.75, 3.05) is 19.7 Å². The van der Waals surface area contributed by atoms with Crippen LogP contribution in [0.1, 0.15) is 39.7 Å². The number of fused-ring (bicyclic) bond motifs is 2. The van der Waals surface area contributed by atoms with Crippen molar-refractivity contribution in [1.29, 1.82) is 0 Å². The number of amides is 2. The summed E-state index contributed by atoms with van der Waals surface area (Å²) < 4.78 is 16.2. The van der Waals surface area contributed by atoms with Gasteiger partial charge in [-0.15, -0.1) is 0 Å². The fourth-order valence-corrected chi connectivity index (χ4v) is 4.07. The predicted octanol–water partition coefficient (Wildman–Crippen LogP) is 3.20. The zero-order valence-electron chi connectivity index (χ0n) is 18.0. The molecule has 2 aliphatic rings. The molecule has 0 radical (unpaired) electrons. The van der Waals surface area contributed by atoms with Gasteiger partial charge in [-0.05, 0) is 39.7 Å². The molecule has 3 rings (SSSR count). The highest BCUT2D eigenvalue weighted by Crippen LogP contribution is 2.37. The van der Waals surface area contributed by atoms with Gasteiger partial charge in [-0.25, -0.2) is 14.4 Å².